The predicted molar refractivity (Wildman–Crippen MR) is 149 cm³/mol. The summed E-state index contributed by atoms with van der Waals surface area (Å²) in [5.74, 6) is 1.79. The number of furan rings is 2. The van der Waals surface area contributed by atoms with Crippen LogP contribution in [-0.4, -0.2) is 0 Å². The number of benzene rings is 6. The fraction of sp³-hybridized carbons (Fsp3) is 0. The Balaban J connectivity index is 1.34. The molecule has 0 saturated heterocycles. The molecule has 0 N–H and O–H groups in total. The summed E-state index contributed by atoms with van der Waals surface area (Å²) in [5.41, 5.74) is 4.00. The van der Waals surface area contributed by atoms with Crippen molar-refractivity contribution in [1.29, 1.82) is 0 Å². The maximum Gasteiger partial charge on any atom is 0.135 e. The highest BCUT2D eigenvalue weighted by Crippen LogP contribution is 2.38. The van der Waals surface area contributed by atoms with E-state index in [9.17, 15) is 0 Å². The minimum atomic E-state index is 0.896. The zero-order valence-corrected chi connectivity index (χ0v) is 19.4. The first-order valence-corrected chi connectivity index (χ1v) is 12.2. The van der Waals surface area contributed by atoms with Gasteiger partial charge >= 0.3 is 0 Å². The van der Waals surface area contributed by atoms with Crippen molar-refractivity contribution >= 4 is 54.3 Å². The van der Waals surface area contributed by atoms with E-state index >= 15 is 0 Å². The van der Waals surface area contributed by atoms with E-state index in [0.717, 1.165) is 44.6 Å². The quantitative estimate of drug-likeness (QED) is 0.240. The summed E-state index contributed by atoms with van der Waals surface area (Å²) in [5, 5.41) is 9.56. The average molecular weight is 461 g/mol. The van der Waals surface area contributed by atoms with Crippen molar-refractivity contribution in [2.24, 2.45) is 0 Å². The second kappa shape index (κ2) is 7.34. The van der Waals surface area contributed by atoms with Gasteiger partial charge in [-0.25, -0.2) is 0 Å². The molecule has 0 amide bonds. The van der Waals surface area contributed by atoms with Crippen LogP contribution in [0.1, 0.15) is 0 Å². The molecule has 8 aromatic rings. The lowest BCUT2D eigenvalue weighted by Gasteiger charge is -2.08. The number of hydrogen-bond acceptors (Lipinski definition) is 2. The van der Waals surface area contributed by atoms with Gasteiger partial charge in [-0.1, -0.05) is 84.9 Å². The molecule has 6 aromatic carbocycles. The van der Waals surface area contributed by atoms with Gasteiger partial charge in [-0.15, -0.1) is 0 Å². The molecule has 0 radical (unpaired) electrons. The van der Waals surface area contributed by atoms with Gasteiger partial charge in [0.1, 0.15) is 22.7 Å². The molecule has 168 valence electrons. The first-order chi connectivity index (χ1) is 17.8. The highest BCUT2D eigenvalue weighted by atomic mass is 16.3. The Morgan fingerprint density at radius 2 is 0.778 bits per heavy atom. The molecule has 0 spiro atoms. The molecule has 0 aliphatic rings. The van der Waals surface area contributed by atoms with Crippen molar-refractivity contribution < 1.29 is 8.83 Å². The van der Waals surface area contributed by atoms with Gasteiger partial charge in [0.2, 0.25) is 0 Å². The van der Waals surface area contributed by atoms with E-state index in [4.69, 9.17) is 8.83 Å². The fourth-order valence-corrected chi connectivity index (χ4v) is 5.43. The van der Waals surface area contributed by atoms with E-state index in [1.807, 2.05) is 36.4 Å². The summed E-state index contributed by atoms with van der Waals surface area (Å²) in [6.45, 7) is 0. The van der Waals surface area contributed by atoms with E-state index in [-0.39, 0.29) is 0 Å². The Morgan fingerprint density at radius 3 is 1.22 bits per heavy atom. The second-order valence-electron chi connectivity index (χ2n) is 9.40. The van der Waals surface area contributed by atoms with Crippen LogP contribution in [0, 0.1) is 0 Å². The highest BCUT2D eigenvalue weighted by molar-refractivity contribution is 6.20. The smallest absolute Gasteiger partial charge is 0.135 e. The Bertz CT molecular complexity index is 1920. The van der Waals surface area contributed by atoms with Crippen molar-refractivity contribution in [2.75, 3.05) is 0 Å². The molecule has 0 aliphatic carbocycles. The lowest BCUT2D eigenvalue weighted by molar-refractivity contribution is 0.631. The van der Waals surface area contributed by atoms with Crippen LogP contribution in [0.2, 0.25) is 0 Å². The molecule has 2 heterocycles. The van der Waals surface area contributed by atoms with Gasteiger partial charge in [-0.05, 0) is 68.7 Å². The molecular formula is C34H20O2. The molecule has 8 rings (SSSR count). The van der Waals surface area contributed by atoms with E-state index in [0.29, 0.717) is 0 Å². The van der Waals surface area contributed by atoms with Gasteiger partial charge in [-0.2, -0.15) is 0 Å². The van der Waals surface area contributed by atoms with Crippen LogP contribution >= 0.6 is 0 Å². The van der Waals surface area contributed by atoms with Crippen molar-refractivity contribution in [1.82, 2.24) is 0 Å². The summed E-state index contributed by atoms with van der Waals surface area (Å²) < 4.78 is 12.4. The van der Waals surface area contributed by atoms with Gasteiger partial charge < -0.3 is 8.83 Å². The van der Waals surface area contributed by atoms with E-state index in [2.05, 4.69) is 84.9 Å². The number of rotatable bonds is 2. The van der Waals surface area contributed by atoms with E-state index in [1.165, 1.54) is 32.3 Å². The molecule has 0 saturated carbocycles. The third kappa shape index (κ3) is 2.91. The minimum absolute atomic E-state index is 0.896. The Kier molecular flexibility index (Phi) is 3.97. The summed E-state index contributed by atoms with van der Waals surface area (Å²) >= 11 is 0. The SMILES string of the molecule is c1ccc(-c2cc3cc4c(ccc5c6cc7cc(-c8ccccc8)oc7cc6ccc45)cc3o2)cc1. The monoisotopic (exact) mass is 460 g/mol. The van der Waals surface area contributed by atoms with Crippen LogP contribution < -0.4 is 0 Å². The molecular weight excluding hydrogens is 440 g/mol. The third-order valence-corrected chi connectivity index (χ3v) is 7.22. The predicted octanol–water partition coefficient (Wildman–Crippen LogP) is 9.97. The van der Waals surface area contributed by atoms with Gasteiger partial charge in [0.25, 0.3) is 0 Å². The standard InChI is InChI=1S/C34H20O2/c1-3-7-21(8-4-1)31-19-25-15-29-23(17-33(25)35-31)11-13-28-27(29)14-12-24-18-34-26(16-30(24)28)20-32(36-34)22-9-5-2-6-10-22/h1-20H. The number of fused-ring (bicyclic) bond motifs is 7. The number of hydrogen-bond donors (Lipinski definition) is 0. The summed E-state index contributed by atoms with van der Waals surface area (Å²) in [4.78, 5) is 0. The average Bonchev–Trinajstić information content (AvgIpc) is 3.55. The van der Waals surface area contributed by atoms with Crippen molar-refractivity contribution in [3.63, 3.8) is 0 Å². The van der Waals surface area contributed by atoms with E-state index < -0.39 is 0 Å². The topological polar surface area (TPSA) is 26.3 Å². The van der Waals surface area contributed by atoms with Crippen LogP contribution in [0.5, 0.6) is 0 Å². The molecule has 0 aliphatic heterocycles. The van der Waals surface area contributed by atoms with E-state index in [1.54, 1.807) is 0 Å². The Hall–Kier alpha value is -4.82. The molecule has 0 bridgehead atoms. The Labute approximate surface area is 207 Å². The van der Waals surface area contributed by atoms with Crippen molar-refractivity contribution in [3.8, 4) is 22.6 Å². The van der Waals surface area contributed by atoms with Gasteiger partial charge in [-0.3, -0.25) is 0 Å². The lowest BCUT2D eigenvalue weighted by Crippen LogP contribution is -1.81. The maximum atomic E-state index is 6.22. The van der Waals surface area contributed by atoms with Crippen LogP contribution in [0.15, 0.2) is 130 Å². The van der Waals surface area contributed by atoms with Crippen molar-refractivity contribution in [3.05, 3.63) is 121 Å². The van der Waals surface area contributed by atoms with Crippen molar-refractivity contribution in [2.45, 2.75) is 0 Å². The molecule has 2 aromatic heterocycles. The largest absolute Gasteiger partial charge is 0.456 e. The van der Waals surface area contributed by atoms with Crippen LogP contribution in [0.25, 0.3) is 76.9 Å². The van der Waals surface area contributed by atoms with Gasteiger partial charge in [0.15, 0.2) is 0 Å². The zero-order valence-electron chi connectivity index (χ0n) is 19.4. The van der Waals surface area contributed by atoms with Gasteiger partial charge in [0, 0.05) is 21.9 Å². The Morgan fingerprint density at radius 1 is 0.333 bits per heavy atom. The van der Waals surface area contributed by atoms with Crippen LogP contribution in [-0.2, 0) is 0 Å². The van der Waals surface area contributed by atoms with Crippen LogP contribution in [0.3, 0.4) is 0 Å². The normalized spacial score (nSPS) is 11.9. The third-order valence-electron chi connectivity index (χ3n) is 7.22. The second-order valence-corrected chi connectivity index (χ2v) is 9.40. The first kappa shape index (κ1) is 19.5. The molecule has 2 nitrogen and oxygen atoms in total. The molecule has 0 atom stereocenters. The highest BCUT2D eigenvalue weighted by Gasteiger charge is 2.12. The molecule has 36 heavy (non-hydrogen) atoms. The summed E-state index contributed by atoms with van der Waals surface area (Å²) in [6, 6.07) is 42.5. The summed E-state index contributed by atoms with van der Waals surface area (Å²) in [6.07, 6.45) is 0. The summed E-state index contributed by atoms with van der Waals surface area (Å²) in [7, 11) is 0. The zero-order chi connectivity index (χ0) is 23.6. The molecule has 2 heteroatoms. The van der Waals surface area contributed by atoms with Crippen LogP contribution in [0.4, 0.5) is 0 Å². The molecule has 0 fully saturated rings. The molecule has 0 unspecified atom stereocenters. The first-order valence-electron chi connectivity index (χ1n) is 12.2. The fourth-order valence-electron chi connectivity index (χ4n) is 5.43. The maximum absolute atomic E-state index is 6.22. The lowest BCUT2D eigenvalue weighted by atomic mass is 9.95. The van der Waals surface area contributed by atoms with Gasteiger partial charge in [0.05, 0.1) is 0 Å². The minimum Gasteiger partial charge on any atom is -0.456 e.